The molecular weight excluding hydrogens is 452 g/mol. The van der Waals surface area contributed by atoms with Crippen LogP contribution in [-0.4, -0.2) is 36.0 Å². The SMILES string of the molecule is Cc1oc2cc3oc(=O)c(CCC(=O)NCC(=O)NCC(=O)O)c(C)c3cc2c1-c1ccccc1. The summed E-state index contributed by atoms with van der Waals surface area (Å²) in [5, 5.41) is 14.8. The predicted octanol–water partition coefficient (Wildman–Crippen LogP) is 3.07. The van der Waals surface area contributed by atoms with Crippen molar-refractivity contribution in [3.63, 3.8) is 0 Å². The normalized spacial score (nSPS) is 11.0. The van der Waals surface area contributed by atoms with E-state index in [1.165, 1.54) is 0 Å². The van der Waals surface area contributed by atoms with E-state index in [4.69, 9.17) is 13.9 Å². The number of nitrogens with one attached hydrogen (secondary N) is 2. The van der Waals surface area contributed by atoms with Crippen LogP contribution in [0, 0.1) is 13.8 Å². The number of carbonyl (C=O) groups excluding carboxylic acids is 2. The number of furan rings is 1. The first-order valence-electron chi connectivity index (χ1n) is 11.0. The van der Waals surface area contributed by atoms with Gasteiger partial charge in [-0.2, -0.15) is 0 Å². The third-order valence-corrected chi connectivity index (χ3v) is 5.82. The molecule has 9 heteroatoms. The van der Waals surface area contributed by atoms with Crippen molar-refractivity contribution in [3.8, 4) is 11.1 Å². The van der Waals surface area contributed by atoms with E-state index in [0.29, 0.717) is 22.3 Å². The molecule has 0 aliphatic rings. The van der Waals surface area contributed by atoms with Crippen LogP contribution in [0.25, 0.3) is 33.1 Å². The molecular formula is C26H24N2O7. The molecule has 0 spiro atoms. The fourth-order valence-corrected chi connectivity index (χ4v) is 4.10. The van der Waals surface area contributed by atoms with Gasteiger partial charge in [-0.3, -0.25) is 14.4 Å². The van der Waals surface area contributed by atoms with Crippen LogP contribution in [0.3, 0.4) is 0 Å². The van der Waals surface area contributed by atoms with Gasteiger partial charge >= 0.3 is 11.6 Å². The summed E-state index contributed by atoms with van der Waals surface area (Å²) >= 11 is 0. The van der Waals surface area contributed by atoms with Gasteiger partial charge in [0.25, 0.3) is 0 Å². The lowest BCUT2D eigenvalue weighted by Crippen LogP contribution is -2.39. The van der Waals surface area contributed by atoms with Gasteiger partial charge in [-0.25, -0.2) is 4.79 Å². The molecule has 35 heavy (non-hydrogen) atoms. The lowest BCUT2D eigenvalue weighted by Gasteiger charge is -2.09. The highest BCUT2D eigenvalue weighted by atomic mass is 16.4. The number of carbonyl (C=O) groups is 3. The Hall–Kier alpha value is -4.40. The minimum atomic E-state index is -1.18. The van der Waals surface area contributed by atoms with E-state index < -0.39 is 30.0 Å². The monoisotopic (exact) mass is 476 g/mol. The van der Waals surface area contributed by atoms with Crippen LogP contribution in [-0.2, 0) is 20.8 Å². The minimum Gasteiger partial charge on any atom is -0.480 e. The predicted molar refractivity (Wildman–Crippen MR) is 129 cm³/mol. The molecule has 2 aromatic carbocycles. The summed E-state index contributed by atoms with van der Waals surface area (Å²) in [4.78, 5) is 46.9. The zero-order chi connectivity index (χ0) is 25.1. The standard InChI is InChI=1S/C26H24N2O7/c1-14-17(8-9-22(29)27-12-23(30)28-13-24(31)32)26(33)35-20-11-21-19(10-18(14)20)25(15(2)34-21)16-6-4-3-5-7-16/h3-7,10-11H,8-9,12-13H2,1-2H3,(H,27,29)(H,28,30)(H,31,32). The first-order chi connectivity index (χ1) is 16.7. The molecule has 2 aromatic heterocycles. The summed E-state index contributed by atoms with van der Waals surface area (Å²) in [6.07, 6.45) is 0.0896. The number of aryl methyl sites for hydroxylation is 2. The smallest absolute Gasteiger partial charge is 0.339 e. The largest absolute Gasteiger partial charge is 0.480 e. The second-order valence-corrected chi connectivity index (χ2v) is 8.18. The Bertz CT molecular complexity index is 1500. The van der Waals surface area contributed by atoms with E-state index in [0.717, 1.165) is 27.7 Å². The summed E-state index contributed by atoms with van der Waals surface area (Å²) in [6.45, 7) is 2.83. The average Bonchev–Trinajstić information content (AvgIpc) is 3.15. The molecule has 180 valence electrons. The lowest BCUT2D eigenvalue weighted by atomic mass is 9.98. The van der Waals surface area contributed by atoms with Gasteiger partial charge in [0.1, 0.15) is 23.5 Å². The second-order valence-electron chi connectivity index (χ2n) is 8.18. The first-order valence-corrected chi connectivity index (χ1v) is 11.0. The molecule has 0 radical (unpaired) electrons. The molecule has 2 amide bonds. The molecule has 0 unspecified atom stereocenters. The molecule has 0 atom stereocenters. The van der Waals surface area contributed by atoms with Crippen LogP contribution in [0.5, 0.6) is 0 Å². The molecule has 4 aromatic rings. The van der Waals surface area contributed by atoms with Gasteiger partial charge < -0.3 is 24.6 Å². The number of aliphatic carboxylic acids is 1. The van der Waals surface area contributed by atoms with Crippen molar-refractivity contribution in [2.24, 2.45) is 0 Å². The molecule has 4 rings (SSSR count). The Labute approximate surface area is 199 Å². The summed E-state index contributed by atoms with van der Waals surface area (Å²) in [6, 6.07) is 13.5. The van der Waals surface area contributed by atoms with Crippen LogP contribution in [0.2, 0.25) is 0 Å². The highest BCUT2D eigenvalue weighted by Crippen LogP contribution is 2.37. The van der Waals surface area contributed by atoms with E-state index in [9.17, 15) is 19.2 Å². The Balaban J connectivity index is 1.58. The molecule has 0 bridgehead atoms. The van der Waals surface area contributed by atoms with Crippen LogP contribution >= 0.6 is 0 Å². The number of carboxylic acids is 1. The fraction of sp³-hybridized carbons (Fsp3) is 0.231. The van der Waals surface area contributed by atoms with Gasteiger partial charge in [0, 0.05) is 34.4 Å². The van der Waals surface area contributed by atoms with Gasteiger partial charge in [0.05, 0.1) is 6.54 Å². The summed E-state index contributed by atoms with van der Waals surface area (Å²) in [5.74, 6) is -1.48. The lowest BCUT2D eigenvalue weighted by molar-refractivity contribution is -0.137. The maximum absolute atomic E-state index is 12.7. The van der Waals surface area contributed by atoms with Gasteiger partial charge in [0.2, 0.25) is 11.8 Å². The zero-order valence-electron chi connectivity index (χ0n) is 19.3. The molecule has 2 heterocycles. The Morgan fingerprint density at radius 1 is 0.886 bits per heavy atom. The molecule has 9 nitrogen and oxygen atoms in total. The van der Waals surface area contributed by atoms with Crippen LogP contribution < -0.4 is 16.3 Å². The third kappa shape index (κ3) is 5.08. The highest BCUT2D eigenvalue weighted by molar-refractivity contribution is 6.03. The van der Waals surface area contributed by atoms with Gasteiger partial charge in [0.15, 0.2) is 0 Å². The van der Waals surface area contributed by atoms with E-state index in [1.807, 2.05) is 50.2 Å². The molecule has 3 N–H and O–H groups in total. The van der Waals surface area contributed by atoms with E-state index in [1.54, 1.807) is 6.07 Å². The Morgan fingerprint density at radius 2 is 1.57 bits per heavy atom. The third-order valence-electron chi connectivity index (χ3n) is 5.82. The summed E-state index contributed by atoms with van der Waals surface area (Å²) in [7, 11) is 0. The van der Waals surface area contributed by atoms with Crippen molar-refractivity contribution in [3.05, 3.63) is 69.8 Å². The maximum Gasteiger partial charge on any atom is 0.339 e. The van der Waals surface area contributed by atoms with E-state index >= 15 is 0 Å². The van der Waals surface area contributed by atoms with E-state index in [-0.39, 0.29) is 19.4 Å². The van der Waals surface area contributed by atoms with Crippen molar-refractivity contribution in [2.75, 3.05) is 13.1 Å². The Morgan fingerprint density at radius 3 is 2.29 bits per heavy atom. The molecule has 0 aliphatic heterocycles. The van der Waals surface area contributed by atoms with Crippen molar-refractivity contribution < 1.29 is 28.3 Å². The van der Waals surface area contributed by atoms with Gasteiger partial charge in [-0.05, 0) is 37.5 Å². The zero-order valence-corrected chi connectivity index (χ0v) is 19.3. The fourth-order valence-electron chi connectivity index (χ4n) is 4.10. The number of carboxylic acid groups (broad SMARTS) is 1. The van der Waals surface area contributed by atoms with Crippen molar-refractivity contribution in [1.82, 2.24) is 10.6 Å². The number of benzene rings is 2. The van der Waals surface area contributed by atoms with Gasteiger partial charge in [-0.1, -0.05) is 30.3 Å². The van der Waals surface area contributed by atoms with Crippen LogP contribution in [0.15, 0.2) is 56.1 Å². The molecule has 0 saturated carbocycles. The minimum absolute atomic E-state index is 0.0361. The second kappa shape index (κ2) is 9.84. The number of rotatable bonds is 8. The number of fused-ring (bicyclic) bond motifs is 2. The quantitative estimate of drug-likeness (QED) is 0.332. The topological polar surface area (TPSA) is 139 Å². The molecule has 0 saturated heterocycles. The van der Waals surface area contributed by atoms with Crippen LogP contribution in [0.4, 0.5) is 0 Å². The van der Waals surface area contributed by atoms with Crippen molar-refractivity contribution in [1.29, 1.82) is 0 Å². The number of hydrogen-bond donors (Lipinski definition) is 3. The summed E-state index contributed by atoms with van der Waals surface area (Å²) in [5.41, 5.74) is 3.55. The van der Waals surface area contributed by atoms with Crippen LogP contribution in [0.1, 0.15) is 23.3 Å². The maximum atomic E-state index is 12.7. The first kappa shape index (κ1) is 23.7. The average molecular weight is 476 g/mol. The van der Waals surface area contributed by atoms with E-state index in [2.05, 4.69) is 10.6 Å². The highest BCUT2D eigenvalue weighted by Gasteiger charge is 2.18. The Kier molecular flexibility index (Phi) is 6.68. The molecule has 0 aliphatic carbocycles. The van der Waals surface area contributed by atoms with Gasteiger partial charge in [-0.15, -0.1) is 0 Å². The number of hydrogen-bond acceptors (Lipinski definition) is 6. The van der Waals surface area contributed by atoms with Crippen molar-refractivity contribution in [2.45, 2.75) is 26.7 Å². The summed E-state index contributed by atoms with van der Waals surface area (Å²) < 4.78 is 11.5. The molecule has 0 fully saturated rings. The number of amides is 2. The van der Waals surface area contributed by atoms with Crippen molar-refractivity contribution >= 4 is 39.7 Å².